The zero-order valence-electron chi connectivity index (χ0n) is 10.6. The molecule has 1 aliphatic heterocycles. The lowest BCUT2D eigenvalue weighted by atomic mass is 9.80. The molecule has 0 aromatic rings. The Morgan fingerprint density at radius 1 is 1.40 bits per heavy atom. The Kier molecular flexibility index (Phi) is 4.32. The van der Waals surface area contributed by atoms with Crippen molar-refractivity contribution in [1.29, 1.82) is 0 Å². The number of hydrogen-bond donors (Lipinski definition) is 0. The molecule has 15 heavy (non-hydrogen) atoms. The molecule has 1 rings (SSSR count). The van der Waals surface area contributed by atoms with E-state index in [4.69, 9.17) is 4.74 Å². The highest BCUT2D eigenvalue weighted by atomic mass is 16.5. The van der Waals surface area contributed by atoms with Crippen LogP contribution in [0.3, 0.4) is 0 Å². The summed E-state index contributed by atoms with van der Waals surface area (Å²) in [5.41, 5.74) is 0. The molecule has 0 radical (unpaired) electrons. The normalized spacial score (nSPS) is 38.7. The standard InChI is InChI=1S/C13H24O2/c1-6-12-8(2)7-9(3)13(15-12)10(4)11(5)14/h8-10,12-13H,6-7H2,1-5H3/t8-,9+,10-,12-,13-/m1/s1. The van der Waals surface area contributed by atoms with E-state index < -0.39 is 0 Å². The Balaban J connectivity index is 2.68. The Morgan fingerprint density at radius 2 is 2.00 bits per heavy atom. The van der Waals surface area contributed by atoms with Crippen molar-refractivity contribution in [2.24, 2.45) is 17.8 Å². The molecule has 1 fully saturated rings. The minimum Gasteiger partial charge on any atom is -0.374 e. The molecule has 0 unspecified atom stereocenters. The Hall–Kier alpha value is -0.370. The highest BCUT2D eigenvalue weighted by Gasteiger charge is 2.36. The second kappa shape index (κ2) is 5.11. The van der Waals surface area contributed by atoms with E-state index in [1.54, 1.807) is 6.92 Å². The first kappa shape index (κ1) is 12.7. The summed E-state index contributed by atoms with van der Waals surface area (Å²) in [7, 11) is 0. The molecule has 0 bridgehead atoms. The lowest BCUT2D eigenvalue weighted by molar-refractivity contribution is -0.146. The zero-order valence-corrected chi connectivity index (χ0v) is 10.6. The fourth-order valence-electron chi connectivity index (χ4n) is 2.68. The third-order valence-electron chi connectivity index (χ3n) is 3.81. The van der Waals surface area contributed by atoms with Gasteiger partial charge in [-0.05, 0) is 31.6 Å². The Bertz CT molecular complexity index is 225. The SMILES string of the molecule is CC[C@H]1O[C@@H]([C@H](C)C(C)=O)[C@@H](C)C[C@H]1C. The van der Waals surface area contributed by atoms with Gasteiger partial charge < -0.3 is 4.74 Å². The number of Topliss-reactive ketones (excluding diaryl/α,β-unsaturated/α-hetero) is 1. The van der Waals surface area contributed by atoms with Gasteiger partial charge in [-0.15, -0.1) is 0 Å². The van der Waals surface area contributed by atoms with E-state index in [0.29, 0.717) is 17.9 Å². The van der Waals surface area contributed by atoms with Crippen LogP contribution in [0.5, 0.6) is 0 Å². The van der Waals surface area contributed by atoms with E-state index in [-0.39, 0.29) is 17.8 Å². The molecule has 2 heteroatoms. The summed E-state index contributed by atoms with van der Waals surface area (Å²) < 4.78 is 6.06. The molecule has 5 atom stereocenters. The van der Waals surface area contributed by atoms with Crippen molar-refractivity contribution in [3.63, 3.8) is 0 Å². The quantitative estimate of drug-likeness (QED) is 0.718. The van der Waals surface area contributed by atoms with Crippen molar-refractivity contribution in [2.75, 3.05) is 0 Å². The maximum Gasteiger partial charge on any atom is 0.135 e. The molecular weight excluding hydrogens is 188 g/mol. The number of ketones is 1. The molecule has 2 nitrogen and oxygen atoms in total. The van der Waals surface area contributed by atoms with Crippen molar-refractivity contribution in [1.82, 2.24) is 0 Å². The molecule has 0 aromatic heterocycles. The van der Waals surface area contributed by atoms with Crippen molar-refractivity contribution in [2.45, 2.75) is 59.7 Å². The van der Waals surface area contributed by atoms with Crippen LogP contribution in [0.15, 0.2) is 0 Å². The van der Waals surface area contributed by atoms with Gasteiger partial charge in [0.25, 0.3) is 0 Å². The van der Waals surface area contributed by atoms with Crippen LogP contribution < -0.4 is 0 Å². The van der Waals surface area contributed by atoms with Gasteiger partial charge in [-0.2, -0.15) is 0 Å². The van der Waals surface area contributed by atoms with E-state index >= 15 is 0 Å². The van der Waals surface area contributed by atoms with Crippen molar-refractivity contribution in [3.8, 4) is 0 Å². The minimum atomic E-state index is 0.0431. The fraction of sp³-hybridized carbons (Fsp3) is 0.923. The smallest absolute Gasteiger partial charge is 0.135 e. The van der Waals surface area contributed by atoms with Gasteiger partial charge in [0.05, 0.1) is 12.2 Å². The second-order valence-electron chi connectivity index (χ2n) is 5.14. The molecule has 0 N–H and O–H groups in total. The number of hydrogen-bond acceptors (Lipinski definition) is 2. The predicted molar refractivity (Wildman–Crippen MR) is 61.7 cm³/mol. The van der Waals surface area contributed by atoms with Gasteiger partial charge >= 0.3 is 0 Å². The number of carbonyl (C=O) groups excluding carboxylic acids is 1. The first-order valence-electron chi connectivity index (χ1n) is 6.13. The van der Waals surface area contributed by atoms with Gasteiger partial charge in [0.1, 0.15) is 5.78 Å². The largest absolute Gasteiger partial charge is 0.374 e. The molecule has 1 heterocycles. The Morgan fingerprint density at radius 3 is 2.47 bits per heavy atom. The first-order valence-corrected chi connectivity index (χ1v) is 6.13. The van der Waals surface area contributed by atoms with Crippen LogP contribution in [0, 0.1) is 17.8 Å². The van der Waals surface area contributed by atoms with E-state index in [1.807, 2.05) is 6.92 Å². The van der Waals surface area contributed by atoms with Crippen molar-refractivity contribution < 1.29 is 9.53 Å². The van der Waals surface area contributed by atoms with Crippen LogP contribution in [0.4, 0.5) is 0 Å². The first-order chi connectivity index (χ1) is 6.97. The lowest BCUT2D eigenvalue weighted by Gasteiger charge is -2.41. The van der Waals surface area contributed by atoms with E-state index in [2.05, 4.69) is 20.8 Å². The lowest BCUT2D eigenvalue weighted by Crippen LogP contribution is -2.43. The number of carbonyl (C=O) groups is 1. The van der Waals surface area contributed by atoms with Crippen molar-refractivity contribution >= 4 is 5.78 Å². The van der Waals surface area contributed by atoms with E-state index in [9.17, 15) is 4.79 Å². The molecular formula is C13H24O2. The average molecular weight is 212 g/mol. The summed E-state index contributed by atoms with van der Waals surface area (Å²) in [5.74, 6) is 1.42. The van der Waals surface area contributed by atoms with E-state index in [0.717, 1.165) is 6.42 Å². The van der Waals surface area contributed by atoms with Gasteiger partial charge in [0.15, 0.2) is 0 Å². The van der Waals surface area contributed by atoms with Crippen LogP contribution >= 0.6 is 0 Å². The van der Waals surface area contributed by atoms with Crippen LogP contribution in [-0.2, 0) is 9.53 Å². The highest BCUT2D eigenvalue weighted by Crippen LogP contribution is 2.34. The van der Waals surface area contributed by atoms with Crippen LogP contribution in [0.25, 0.3) is 0 Å². The van der Waals surface area contributed by atoms with Crippen molar-refractivity contribution in [3.05, 3.63) is 0 Å². The van der Waals surface area contributed by atoms with Gasteiger partial charge in [-0.1, -0.05) is 27.7 Å². The molecule has 0 aromatic carbocycles. The summed E-state index contributed by atoms with van der Waals surface area (Å²) in [4.78, 5) is 11.4. The number of ether oxygens (including phenoxy) is 1. The second-order valence-corrected chi connectivity index (χ2v) is 5.14. The molecule has 1 aliphatic rings. The van der Waals surface area contributed by atoms with Gasteiger partial charge in [0, 0.05) is 5.92 Å². The van der Waals surface area contributed by atoms with Gasteiger partial charge in [0.2, 0.25) is 0 Å². The molecule has 1 saturated heterocycles. The molecule has 0 saturated carbocycles. The summed E-state index contributed by atoms with van der Waals surface area (Å²) in [5, 5.41) is 0. The van der Waals surface area contributed by atoms with Crippen LogP contribution in [-0.4, -0.2) is 18.0 Å². The summed E-state index contributed by atoms with van der Waals surface area (Å²) in [6, 6.07) is 0. The Labute approximate surface area is 93.4 Å². The average Bonchev–Trinajstić information content (AvgIpc) is 2.17. The minimum absolute atomic E-state index is 0.0431. The zero-order chi connectivity index (χ0) is 11.6. The fourth-order valence-corrected chi connectivity index (χ4v) is 2.68. The van der Waals surface area contributed by atoms with Gasteiger partial charge in [-0.3, -0.25) is 4.79 Å². The molecule has 0 spiro atoms. The number of rotatable bonds is 3. The summed E-state index contributed by atoms with van der Waals surface area (Å²) in [6.07, 6.45) is 2.70. The van der Waals surface area contributed by atoms with Crippen LogP contribution in [0.2, 0.25) is 0 Å². The molecule has 0 aliphatic carbocycles. The highest BCUT2D eigenvalue weighted by molar-refractivity contribution is 5.78. The molecule has 88 valence electrons. The summed E-state index contributed by atoms with van der Waals surface area (Å²) in [6.45, 7) is 10.3. The third-order valence-corrected chi connectivity index (χ3v) is 3.81. The maximum atomic E-state index is 11.4. The topological polar surface area (TPSA) is 26.3 Å². The predicted octanol–water partition coefficient (Wildman–Crippen LogP) is 3.05. The van der Waals surface area contributed by atoms with Gasteiger partial charge in [-0.25, -0.2) is 0 Å². The molecule has 0 amide bonds. The summed E-state index contributed by atoms with van der Waals surface area (Å²) >= 11 is 0. The third kappa shape index (κ3) is 2.81. The maximum absolute atomic E-state index is 11.4. The monoisotopic (exact) mass is 212 g/mol. The van der Waals surface area contributed by atoms with Crippen LogP contribution in [0.1, 0.15) is 47.5 Å². The van der Waals surface area contributed by atoms with E-state index in [1.165, 1.54) is 6.42 Å².